The van der Waals surface area contributed by atoms with E-state index >= 15 is 0 Å². The summed E-state index contributed by atoms with van der Waals surface area (Å²) >= 11 is 0. The molecule has 3 aliphatic rings. The lowest BCUT2D eigenvalue weighted by molar-refractivity contribution is -0.236. The van der Waals surface area contributed by atoms with E-state index in [1.807, 2.05) is 27.7 Å². The van der Waals surface area contributed by atoms with Gasteiger partial charge in [-0.15, -0.1) is 0 Å². The molecule has 0 unspecified atom stereocenters. The standard InChI is InChI=1S/C21H36O7/c1-7-9-11-13(10-8-2)18(22)24-16-15(14-12-23-20(3,4)26-14)25-19-17(16)27-21(5,6)28-19/h13-17,19H,7-12H2,1-6H3/t13-,14-,15-,16+,17-,19-/m1/s1. The van der Waals surface area contributed by atoms with E-state index < -0.39 is 36.2 Å². The number of hydrogen-bond acceptors (Lipinski definition) is 7. The minimum atomic E-state index is -0.776. The van der Waals surface area contributed by atoms with Crippen LogP contribution in [0.3, 0.4) is 0 Å². The second-order valence-corrected chi connectivity index (χ2v) is 8.97. The predicted molar refractivity (Wildman–Crippen MR) is 101 cm³/mol. The summed E-state index contributed by atoms with van der Waals surface area (Å²) in [5, 5.41) is 0. The van der Waals surface area contributed by atoms with Gasteiger partial charge in [0.1, 0.15) is 12.2 Å². The fourth-order valence-corrected chi connectivity index (χ4v) is 4.22. The van der Waals surface area contributed by atoms with Crippen LogP contribution in [0.5, 0.6) is 0 Å². The first-order valence-electron chi connectivity index (χ1n) is 10.7. The summed E-state index contributed by atoms with van der Waals surface area (Å²) in [6.45, 7) is 12.0. The van der Waals surface area contributed by atoms with Gasteiger partial charge in [0.15, 0.2) is 30.1 Å². The molecule has 0 saturated carbocycles. The van der Waals surface area contributed by atoms with Crippen molar-refractivity contribution in [2.24, 2.45) is 5.92 Å². The molecule has 162 valence electrons. The van der Waals surface area contributed by atoms with E-state index in [0.717, 1.165) is 32.1 Å². The molecular weight excluding hydrogens is 364 g/mol. The molecule has 0 aromatic heterocycles. The molecule has 0 amide bonds. The van der Waals surface area contributed by atoms with Crippen molar-refractivity contribution in [3.8, 4) is 0 Å². The molecule has 0 bridgehead atoms. The van der Waals surface area contributed by atoms with Crippen molar-refractivity contribution in [3.63, 3.8) is 0 Å². The molecule has 7 heteroatoms. The zero-order chi connectivity index (χ0) is 20.5. The van der Waals surface area contributed by atoms with Crippen molar-refractivity contribution in [2.75, 3.05) is 6.61 Å². The molecule has 6 atom stereocenters. The van der Waals surface area contributed by atoms with E-state index in [1.165, 1.54) is 0 Å². The molecule has 0 radical (unpaired) electrons. The van der Waals surface area contributed by atoms with Crippen LogP contribution in [-0.2, 0) is 33.2 Å². The van der Waals surface area contributed by atoms with Crippen molar-refractivity contribution in [1.82, 2.24) is 0 Å². The molecule has 3 rings (SSSR count). The van der Waals surface area contributed by atoms with Crippen LogP contribution in [0, 0.1) is 5.92 Å². The topological polar surface area (TPSA) is 72.5 Å². The molecule has 3 aliphatic heterocycles. The SMILES string of the molecule is CCCC[C@@H](CCC)C(=O)O[C@@H]1[C@H]2OC(C)(C)O[C@H]2O[C@@H]1[C@H]1COC(C)(C)O1. The first kappa shape index (κ1) is 22.0. The van der Waals surface area contributed by atoms with Gasteiger partial charge in [-0.1, -0.05) is 33.1 Å². The van der Waals surface area contributed by atoms with Crippen LogP contribution in [-0.4, -0.2) is 54.9 Å². The largest absolute Gasteiger partial charge is 0.456 e. The van der Waals surface area contributed by atoms with Crippen molar-refractivity contribution in [2.45, 2.75) is 116 Å². The van der Waals surface area contributed by atoms with Gasteiger partial charge in [0, 0.05) is 0 Å². The highest BCUT2D eigenvalue weighted by molar-refractivity contribution is 5.72. The number of rotatable bonds is 8. The molecule has 7 nitrogen and oxygen atoms in total. The number of unbranched alkanes of at least 4 members (excludes halogenated alkanes) is 1. The van der Waals surface area contributed by atoms with Crippen molar-refractivity contribution >= 4 is 5.97 Å². The Hall–Kier alpha value is -0.730. The fourth-order valence-electron chi connectivity index (χ4n) is 4.22. The number of carbonyl (C=O) groups excluding carboxylic acids is 1. The van der Waals surface area contributed by atoms with E-state index in [0.29, 0.717) is 6.61 Å². The van der Waals surface area contributed by atoms with E-state index in [2.05, 4.69) is 13.8 Å². The quantitative estimate of drug-likeness (QED) is 0.577. The summed E-state index contributed by atoms with van der Waals surface area (Å²) in [5.41, 5.74) is 0. The Morgan fingerprint density at radius 1 is 1.00 bits per heavy atom. The van der Waals surface area contributed by atoms with Crippen LogP contribution in [0.2, 0.25) is 0 Å². The third kappa shape index (κ3) is 4.87. The number of fused-ring (bicyclic) bond motifs is 1. The lowest BCUT2D eigenvalue weighted by atomic mass is 9.97. The van der Waals surface area contributed by atoms with Crippen LogP contribution in [0.1, 0.15) is 73.6 Å². The van der Waals surface area contributed by atoms with E-state index in [9.17, 15) is 4.79 Å². The zero-order valence-corrected chi connectivity index (χ0v) is 18.1. The van der Waals surface area contributed by atoms with Crippen LogP contribution < -0.4 is 0 Å². The Bertz CT molecular complexity index is 547. The summed E-state index contributed by atoms with van der Waals surface area (Å²) in [4.78, 5) is 13.0. The smallest absolute Gasteiger partial charge is 0.309 e. The Morgan fingerprint density at radius 3 is 2.36 bits per heavy atom. The highest BCUT2D eigenvalue weighted by Gasteiger charge is 2.60. The second-order valence-electron chi connectivity index (χ2n) is 8.97. The minimum absolute atomic E-state index is 0.0998. The van der Waals surface area contributed by atoms with E-state index in [-0.39, 0.29) is 18.0 Å². The monoisotopic (exact) mass is 400 g/mol. The predicted octanol–water partition coefficient (Wildman–Crippen LogP) is 3.53. The van der Waals surface area contributed by atoms with Gasteiger partial charge in [-0.3, -0.25) is 4.79 Å². The minimum Gasteiger partial charge on any atom is -0.456 e. The van der Waals surface area contributed by atoms with Gasteiger partial charge in [-0.2, -0.15) is 0 Å². The molecular formula is C21H36O7. The summed E-state index contributed by atoms with van der Waals surface area (Å²) in [6, 6.07) is 0. The van der Waals surface area contributed by atoms with E-state index in [1.54, 1.807) is 0 Å². The molecule has 3 saturated heterocycles. The highest BCUT2D eigenvalue weighted by atomic mass is 16.8. The first-order chi connectivity index (χ1) is 13.2. The highest BCUT2D eigenvalue weighted by Crippen LogP contribution is 2.42. The third-order valence-electron chi connectivity index (χ3n) is 5.55. The molecule has 0 aromatic rings. The maximum Gasteiger partial charge on any atom is 0.309 e. The first-order valence-corrected chi connectivity index (χ1v) is 10.7. The number of carbonyl (C=O) groups is 1. The normalized spacial score (nSPS) is 37.0. The summed E-state index contributed by atoms with van der Waals surface area (Å²) in [7, 11) is 0. The van der Waals surface area contributed by atoms with Crippen molar-refractivity contribution < 1.29 is 33.2 Å². The van der Waals surface area contributed by atoms with Crippen LogP contribution >= 0.6 is 0 Å². The molecule has 0 aliphatic carbocycles. The molecule has 0 aromatic carbocycles. The summed E-state index contributed by atoms with van der Waals surface area (Å²) in [5.74, 6) is -1.74. The van der Waals surface area contributed by atoms with Crippen molar-refractivity contribution in [3.05, 3.63) is 0 Å². The van der Waals surface area contributed by atoms with Gasteiger partial charge in [-0.25, -0.2) is 0 Å². The number of esters is 1. The van der Waals surface area contributed by atoms with Gasteiger partial charge in [0.25, 0.3) is 0 Å². The van der Waals surface area contributed by atoms with Crippen LogP contribution in [0.4, 0.5) is 0 Å². The van der Waals surface area contributed by atoms with Gasteiger partial charge in [-0.05, 0) is 40.5 Å². The third-order valence-corrected chi connectivity index (χ3v) is 5.55. The Labute approximate surface area is 168 Å². The molecule has 0 spiro atoms. The average molecular weight is 401 g/mol. The maximum atomic E-state index is 13.0. The van der Waals surface area contributed by atoms with Gasteiger partial charge in [0.05, 0.1) is 12.5 Å². The van der Waals surface area contributed by atoms with Crippen LogP contribution in [0.15, 0.2) is 0 Å². The van der Waals surface area contributed by atoms with Gasteiger partial charge >= 0.3 is 5.97 Å². The second kappa shape index (κ2) is 8.56. The van der Waals surface area contributed by atoms with Gasteiger partial charge < -0.3 is 28.4 Å². The molecule has 3 heterocycles. The molecule has 28 heavy (non-hydrogen) atoms. The van der Waals surface area contributed by atoms with Crippen molar-refractivity contribution in [1.29, 1.82) is 0 Å². The van der Waals surface area contributed by atoms with E-state index in [4.69, 9.17) is 28.4 Å². The molecule has 0 N–H and O–H groups in total. The summed E-state index contributed by atoms with van der Waals surface area (Å²) < 4.78 is 35.7. The number of ether oxygens (including phenoxy) is 6. The van der Waals surface area contributed by atoms with Crippen LogP contribution in [0.25, 0.3) is 0 Å². The lowest BCUT2D eigenvalue weighted by Gasteiger charge is -2.29. The maximum absolute atomic E-state index is 13.0. The Balaban J connectivity index is 1.73. The average Bonchev–Trinajstić information content (AvgIpc) is 3.21. The Morgan fingerprint density at radius 2 is 1.75 bits per heavy atom. The fraction of sp³-hybridized carbons (Fsp3) is 0.952. The zero-order valence-electron chi connectivity index (χ0n) is 18.1. The number of hydrogen-bond donors (Lipinski definition) is 0. The lowest BCUT2D eigenvalue weighted by Crippen LogP contribution is -2.45. The molecule has 3 fully saturated rings. The summed E-state index contributed by atoms with van der Waals surface area (Å²) in [6.07, 6.45) is 2.23. The van der Waals surface area contributed by atoms with Gasteiger partial charge in [0.2, 0.25) is 0 Å². The Kier molecular flexibility index (Phi) is 6.72.